The molecule has 138 valence electrons. The number of carbonyl (C=O) groups is 1. The fourth-order valence-corrected chi connectivity index (χ4v) is 3.14. The summed E-state index contributed by atoms with van der Waals surface area (Å²) in [6.07, 6.45) is 3.05. The lowest BCUT2D eigenvalue weighted by Crippen LogP contribution is -2.28. The molecule has 0 aliphatic carbocycles. The van der Waals surface area contributed by atoms with Crippen molar-refractivity contribution in [2.75, 3.05) is 7.05 Å². The van der Waals surface area contributed by atoms with E-state index in [0.717, 1.165) is 5.56 Å². The first-order chi connectivity index (χ1) is 12.1. The van der Waals surface area contributed by atoms with E-state index in [1.54, 1.807) is 50.4 Å². The maximum atomic E-state index is 12.4. The quantitative estimate of drug-likeness (QED) is 0.756. The number of amides is 1. The summed E-state index contributed by atoms with van der Waals surface area (Å²) in [5, 5.41) is 6.00. The van der Waals surface area contributed by atoms with Gasteiger partial charge in [-0.1, -0.05) is 41.4 Å². The lowest BCUT2D eigenvalue weighted by molar-refractivity contribution is -0.126. The molecule has 1 amide bonds. The van der Waals surface area contributed by atoms with E-state index in [9.17, 15) is 13.2 Å². The van der Waals surface area contributed by atoms with Crippen LogP contribution in [0.25, 0.3) is 6.08 Å². The van der Waals surface area contributed by atoms with Crippen LogP contribution < -0.4 is 5.14 Å². The topological polar surface area (TPSA) is 80.5 Å². The van der Waals surface area contributed by atoms with Crippen molar-refractivity contribution >= 4 is 45.2 Å². The molecule has 0 aliphatic heterocycles. The Morgan fingerprint density at radius 3 is 2.46 bits per heavy atom. The summed E-state index contributed by atoms with van der Waals surface area (Å²) in [4.78, 5) is 13.9. The summed E-state index contributed by atoms with van der Waals surface area (Å²) in [5.41, 5.74) is 1.40. The standard InChI is InChI=1S/C18H18Cl2N2O3S/c1-12(14-4-3-5-15(11-14)26(21,24)25)22(2)18(23)9-7-13-6-8-16(19)17(20)10-13/h3-12H,1-2H3,(H2,21,24,25)/b9-7+. The van der Waals surface area contributed by atoms with Crippen LogP contribution in [0.3, 0.4) is 0 Å². The van der Waals surface area contributed by atoms with Crippen molar-refractivity contribution < 1.29 is 13.2 Å². The van der Waals surface area contributed by atoms with E-state index in [0.29, 0.717) is 15.6 Å². The van der Waals surface area contributed by atoms with Gasteiger partial charge >= 0.3 is 0 Å². The van der Waals surface area contributed by atoms with E-state index in [4.69, 9.17) is 28.3 Å². The Bertz CT molecular complexity index is 959. The fraction of sp³-hybridized carbons (Fsp3) is 0.167. The van der Waals surface area contributed by atoms with Crippen molar-refractivity contribution in [2.24, 2.45) is 5.14 Å². The number of primary sulfonamides is 1. The van der Waals surface area contributed by atoms with Crippen molar-refractivity contribution in [2.45, 2.75) is 17.9 Å². The third-order valence-corrected chi connectivity index (χ3v) is 5.61. The van der Waals surface area contributed by atoms with Crippen LogP contribution in [0, 0.1) is 0 Å². The van der Waals surface area contributed by atoms with Gasteiger partial charge in [-0.25, -0.2) is 13.6 Å². The molecule has 0 aliphatic rings. The van der Waals surface area contributed by atoms with Gasteiger partial charge in [0.1, 0.15) is 0 Å². The van der Waals surface area contributed by atoms with E-state index in [-0.39, 0.29) is 16.8 Å². The first-order valence-corrected chi connectivity index (χ1v) is 9.92. The molecule has 0 saturated heterocycles. The second kappa shape index (κ2) is 8.22. The van der Waals surface area contributed by atoms with Crippen molar-refractivity contribution in [3.63, 3.8) is 0 Å². The predicted octanol–water partition coefficient (Wildman–Crippen LogP) is 3.87. The number of hydrogen-bond acceptors (Lipinski definition) is 3. The average molecular weight is 413 g/mol. The molecule has 0 radical (unpaired) electrons. The van der Waals surface area contributed by atoms with Gasteiger partial charge in [0.15, 0.2) is 0 Å². The maximum absolute atomic E-state index is 12.4. The molecule has 2 rings (SSSR count). The zero-order valence-corrected chi connectivity index (χ0v) is 16.5. The van der Waals surface area contributed by atoms with Crippen LogP contribution in [0.1, 0.15) is 24.1 Å². The van der Waals surface area contributed by atoms with Gasteiger partial charge in [-0.3, -0.25) is 4.79 Å². The Balaban J connectivity index is 2.17. The van der Waals surface area contributed by atoms with Crippen LogP contribution in [-0.4, -0.2) is 26.3 Å². The van der Waals surface area contributed by atoms with Gasteiger partial charge in [0.05, 0.1) is 21.0 Å². The number of hydrogen-bond donors (Lipinski definition) is 1. The molecule has 0 fully saturated rings. The van der Waals surface area contributed by atoms with Gasteiger partial charge in [0.2, 0.25) is 15.9 Å². The summed E-state index contributed by atoms with van der Waals surface area (Å²) in [7, 11) is -2.16. The number of benzene rings is 2. The molecule has 8 heteroatoms. The highest BCUT2D eigenvalue weighted by molar-refractivity contribution is 7.89. The van der Waals surface area contributed by atoms with Crippen molar-refractivity contribution in [1.82, 2.24) is 4.90 Å². The minimum atomic E-state index is -3.80. The highest BCUT2D eigenvalue weighted by Crippen LogP contribution is 2.24. The SMILES string of the molecule is CC(c1cccc(S(N)(=O)=O)c1)N(C)C(=O)/C=C/c1ccc(Cl)c(Cl)c1. The zero-order chi connectivity index (χ0) is 19.5. The second-order valence-corrected chi connectivity index (χ2v) is 8.13. The van der Waals surface area contributed by atoms with Crippen LogP contribution in [-0.2, 0) is 14.8 Å². The summed E-state index contributed by atoms with van der Waals surface area (Å²) >= 11 is 11.8. The number of rotatable bonds is 5. The van der Waals surface area contributed by atoms with Crippen LogP contribution in [0.4, 0.5) is 0 Å². The van der Waals surface area contributed by atoms with E-state index in [2.05, 4.69) is 0 Å². The van der Waals surface area contributed by atoms with Gasteiger partial charge in [0.25, 0.3) is 0 Å². The van der Waals surface area contributed by atoms with Crippen molar-refractivity contribution in [3.8, 4) is 0 Å². The Hall–Kier alpha value is -1.86. The Morgan fingerprint density at radius 2 is 1.85 bits per heavy atom. The Kier molecular flexibility index (Phi) is 6.47. The minimum absolute atomic E-state index is 0.00838. The van der Waals surface area contributed by atoms with Crippen molar-refractivity contribution in [1.29, 1.82) is 0 Å². The molecular weight excluding hydrogens is 395 g/mol. The van der Waals surface area contributed by atoms with Crippen LogP contribution in [0.15, 0.2) is 53.4 Å². The molecule has 2 aromatic carbocycles. The Morgan fingerprint density at radius 1 is 1.15 bits per heavy atom. The van der Waals surface area contributed by atoms with Crippen LogP contribution >= 0.6 is 23.2 Å². The molecule has 26 heavy (non-hydrogen) atoms. The molecule has 0 saturated carbocycles. The summed E-state index contributed by atoms with van der Waals surface area (Å²) in [6.45, 7) is 1.80. The van der Waals surface area contributed by atoms with Crippen molar-refractivity contribution in [3.05, 3.63) is 69.7 Å². The highest BCUT2D eigenvalue weighted by atomic mass is 35.5. The largest absolute Gasteiger partial charge is 0.335 e. The van der Waals surface area contributed by atoms with E-state index in [1.165, 1.54) is 23.1 Å². The van der Waals surface area contributed by atoms with Crippen LogP contribution in [0.5, 0.6) is 0 Å². The summed E-state index contributed by atoms with van der Waals surface area (Å²) in [5.74, 6) is -0.246. The number of halogens is 2. The molecular formula is C18H18Cl2N2O3S. The number of nitrogens with zero attached hydrogens (tertiary/aromatic N) is 1. The molecule has 0 heterocycles. The van der Waals surface area contributed by atoms with Gasteiger partial charge in [-0.05, 0) is 48.4 Å². The number of likely N-dealkylation sites (N-methyl/N-ethyl adjacent to an activating group) is 1. The van der Waals surface area contributed by atoms with E-state index in [1.807, 2.05) is 0 Å². The van der Waals surface area contributed by atoms with Crippen LogP contribution in [0.2, 0.25) is 10.0 Å². The number of nitrogens with two attached hydrogens (primary N) is 1. The molecule has 0 bridgehead atoms. The van der Waals surface area contributed by atoms with Gasteiger partial charge in [-0.15, -0.1) is 0 Å². The first-order valence-electron chi connectivity index (χ1n) is 7.62. The van der Waals surface area contributed by atoms with E-state index >= 15 is 0 Å². The zero-order valence-electron chi connectivity index (χ0n) is 14.2. The van der Waals surface area contributed by atoms with Gasteiger partial charge < -0.3 is 4.90 Å². The first kappa shape index (κ1) is 20.5. The maximum Gasteiger partial charge on any atom is 0.246 e. The average Bonchev–Trinajstić information content (AvgIpc) is 2.60. The monoisotopic (exact) mass is 412 g/mol. The predicted molar refractivity (Wildman–Crippen MR) is 104 cm³/mol. The molecule has 0 spiro atoms. The molecule has 2 N–H and O–H groups in total. The molecule has 0 aromatic heterocycles. The highest BCUT2D eigenvalue weighted by Gasteiger charge is 2.17. The molecule has 2 aromatic rings. The smallest absolute Gasteiger partial charge is 0.246 e. The minimum Gasteiger partial charge on any atom is -0.335 e. The fourth-order valence-electron chi connectivity index (χ4n) is 2.27. The molecule has 1 atom stereocenters. The Labute approximate surface area is 163 Å². The molecule has 5 nitrogen and oxygen atoms in total. The number of carbonyl (C=O) groups excluding carboxylic acids is 1. The summed E-state index contributed by atoms with van der Waals surface area (Å²) < 4.78 is 23.0. The third-order valence-electron chi connectivity index (χ3n) is 3.96. The second-order valence-electron chi connectivity index (χ2n) is 5.75. The van der Waals surface area contributed by atoms with Gasteiger partial charge in [0, 0.05) is 13.1 Å². The summed E-state index contributed by atoms with van der Waals surface area (Å²) in [6, 6.07) is 10.9. The third kappa shape index (κ3) is 5.08. The lowest BCUT2D eigenvalue weighted by atomic mass is 10.1. The molecule has 1 unspecified atom stereocenters. The van der Waals surface area contributed by atoms with E-state index < -0.39 is 10.0 Å². The van der Waals surface area contributed by atoms with Gasteiger partial charge in [-0.2, -0.15) is 0 Å². The number of sulfonamides is 1. The normalized spacial score (nSPS) is 13.0. The lowest BCUT2D eigenvalue weighted by Gasteiger charge is -2.24.